The molecule has 0 aliphatic rings. The van der Waals surface area contributed by atoms with Crippen LogP contribution in [0.25, 0.3) is 27.8 Å². The van der Waals surface area contributed by atoms with E-state index in [4.69, 9.17) is 9.51 Å². The first-order valence-electron chi connectivity index (χ1n) is 11.0. The summed E-state index contributed by atoms with van der Waals surface area (Å²) >= 11 is 0. The number of hydrogen-bond acceptors (Lipinski definition) is 6. The number of benzene rings is 1. The SMILES string of the molecule is Cc1noc(C)c1-c1cnc2c(Cc3cccc(OC(F)F)c3)cn(-c3ccnc(C(=O)O)c3)c2c1. The lowest BCUT2D eigenvalue weighted by Gasteiger charge is -2.07. The largest absolute Gasteiger partial charge is 0.477 e. The van der Waals surface area contributed by atoms with Gasteiger partial charge in [0.25, 0.3) is 0 Å². The number of carboxylic acids is 1. The van der Waals surface area contributed by atoms with Gasteiger partial charge in [0.05, 0.1) is 16.7 Å². The number of aryl methyl sites for hydroxylation is 2. The van der Waals surface area contributed by atoms with Crippen molar-refractivity contribution in [2.45, 2.75) is 26.9 Å². The van der Waals surface area contributed by atoms with Crippen molar-refractivity contribution in [1.29, 1.82) is 0 Å². The average molecular weight is 490 g/mol. The van der Waals surface area contributed by atoms with E-state index < -0.39 is 12.6 Å². The average Bonchev–Trinajstić information content (AvgIpc) is 3.37. The van der Waals surface area contributed by atoms with E-state index >= 15 is 0 Å². The van der Waals surface area contributed by atoms with Crippen LogP contribution in [0.5, 0.6) is 5.75 Å². The number of fused-ring (bicyclic) bond motifs is 1. The van der Waals surface area contributed by atoms with Crippen LogP contribution >= 0.6 is 0 Å². The standard InChI is InChI=1S/C26H20F2N4O4/c1-14-23(15(2)36-31-14)17-10-22-24(30-12-17)18(8-16-4-3-5-20(9-16)35-26(27)28)13-32(22)19-6-7-29-21(11-19)25(33)34/h3-7,9-13,26H,8H2,1-2H3,(H,33,34). The molecule has 5 aromatic rings. The van der Waals surface area contributed by atoms with Crippen LogP contribution in [0.15, 0.2) is 65.6 Å². The maximum Gasteiger partial charge on any atom is 0.387 e. The molecule has 5 rings (SSSR count). The minimum absolute atomic E-state index is 0.0696. The minimum atomic E-state index is -2.92. The predicted molar refractivity (Wildman–Crippen MR) is 127 cm³/mol. The first-order valence-corrected chi connectivity index (χ1v) is 11.0. The first kappa shape index (κ1) is 23.2. The van der Waals surface area contributed by atoms with Gasteiger partial charge in [-0.25, -0.2) is 9.78 Å². The molecule has 0 radical (unpaired) electrons. The molecule has 182 valence electrons. The Labute approximate surface area is 203 Å². The molecule has 1 N–H and O–H groups in total. The molecule has 10 heteroatoms. The zero-order valence-electron chi connectivity index (χ0n) is 19.3. The molecular weight excluding hydrogens is 470 g/mol. The molecule has 0 saturated carbocycles. The van der Waals surface area contributed by atoms with E-state index in [9.17, 15) is 18.7 Å². The highest BCUT2D eigenvalue weighted by molar-refractivity contribution is 5.88. The van der Waals surface area contributed by atoms with Crippen molar-refractivity contribution in [3.63, 3.8) is 0 Å². The van der Waals surface area contributed by atoms with Crippen LogP contribution in [0.3, 0.4) is 0 Å². The number of alkyl halides is 2. The van der Waals surface area contributed by atoms with E-state index in [0.29, 0.717) is 23.4 Å². The summed E-state index contributed by atoms with van der Waals surface area (Å²) in [6, 6.07) is 11.6. The van der Waals surface area contributed by atoms with E-state index in [0.717, 1.165) is 33.5 Å². The van der Waals surface area contributed by atoms with Crippen molar-refractivity contribution in [2.24, 2.45) is 0 Å². The Kier molecular flexibility index (Phi) is 5.93. The first-order chi connectivity index (χ1) is 17.3. The Hall–Kier alpha value is -4.60. The lowest BCUT2D eigenvalue weighted by atomic mass is 10.0. The summed E-state index contributed by atoms with van der Waals surface area (Å²) < 4.78 is 37.1. The Morgan fingerprint density at radius 3 is 2.72 bits per heavy atom. The summed E-state index contributed by atoms with van der Waals surface area (Å²) in [5, 5.41) is 13.4. The maximum absolute atomic E-state index is 12.7. The van der Waals surface area contributed by atoms with Gasteiger partial charge in [-0.05, 0) is 49.7 Å². The molecule has 0 atom stereocenters. The predicted octanol–water partition coefficient (Wildman–Crippen LogP) is 5.58. The molecular formula is C26H20F2N4O4. The molecule has 4 heterocycles. The smallest absolute Gasteiger partial charge is 0.387 e. The third-order valence-electron chi connectivity index (χ3n) is 5.80. The molecule has 4 aromatic heterocycles. The number of nitrogens with zero attached hydrogens (tertiary/aromatic N) is 4. The Morgan fingerprint density at radius 2 is 2.00 bits per heavy atom. The number of halogens is 2. The topological polar surface area (TPSA) is 103 Å². The van der Waals surface area contributed by atoms with Crippen LogP contribution in [0.1, 0.15) is 33.1 Å². The van der Waals surface area contributed by atoms with Crippen molar-refractivity contribution in [2.75, 3.05) is 0 Å². The molecule has 0 spiro atoms. The van der Waals surface area contributed by atoms with Crippen LogP contribution in [-0.4, -0.2) is 37.4 Å². The van der Waals surface area contributed by atoms with Gasteiger partial charge in [0, 0.05) is 47.4 Å². The lowest BCUT2D eigenvalue weighted by Crippen LogP contribution is -2.02. The van der Waals surface area contributed by atoms with Crippen molar-refractivity contribution >= 4 is 17.0 Å². The quantitative estimate of drug-likeness (QED) is 0.318. The minimum Gasteiger partial charge on any atom is -0.477 e. The summed E-state index contributed by atoms with van der Waals surface area (Å²) in [7, 11) is 0. The molecule has 36 heavy (non-hydrogen) atoms. The number of rotatable bonds is 7. The number of hydrogen-bond donors (Lipinski definition) is 1. The van der Waals surface area contributed by atoms with Gasteiger partial charge in [-0.3, -0.25) is 4.98 Å². The van der Waals surface area contributed by atoms with Crippen LogP contribution in [-0.2, 0) is 6.42 Å². The van der Waals surface area contributed by atoms with Crippen LogP contribution < -0.4 is 4.74 Å². The zero-order chi connectivity index (χ0) is 25.4. The third kappa shape index (κ3) is 4.40. The number of aromatic nitrogens is 4. The van der Waals surface area contributed by atoms with Gasteiger partial charge in [0.2, 0.25) is 0 Å². The Balaban J connectivity index is 1.66. The molecule has 0 bridgehead atoms. The molecule has 1 aromatic carbocycles. The second-order valence-electron chi connectivity index (χ2n) is 8.22. The third-order valence-corrected chi connectivity index (χ3v) is 5.80. The van der Waals surface area contributed by atoms with Crippen molar-refractivity contribution < 1.29 is 27.9 Å². The Morgan fingerprint density at radius 1 is 1.17 bits per heavy atom. The molecule has 0 aliphatic carbocycles. The van der Waals surface area contributed by atoms with Gasteiger partial charge in [-0.2, -0.15) is 8.78 Å². The number of aromatic carboxylic acids is 1. The summed E-state index contributed by atoms with van der Waals surface area (Å²) in [4.78, 5) is 20.1. The monoisotopic (exact) mass is 490 g/mol. The molecule has 0 amide bonds. The number of carbonyl (C=O) groups is 1. The number of pyridine rings is 2. The van der Waals surface area contributed by atoms with E-state index in [-0.39, 0.29) is 11.4 Å². The summed E-state index contributed by atoms with van der Waals surface area (Å²) in [6.45, 7) is 0.749. The van der Waals surface area contributed by atoms with E-state index in [1.54, 1.807) is 24.4 Å². The van der Waals surface area contributed by atoms with E-state index in [1.165, 1.54) is 18.3 Å². The second kappa shape index (κ2) is 9.21. The van der Waals surface area contributed by atoms with Crippen molar-refractivity contribution in [3.8, 4) is 22.6 Å². The van der Waals surface area contributed by atoms with Gasteiger partial charge in [-0.1, -0.05) is 17.3 Å². The second-order valence-corrected chi connectivity index (χ2v) is 8.22. The highest BCUT2D eigenvalue weighted by atomic mass is 19.3. The van der Waals surface area contributed by atoms with Crippen LogP contribution in [0.2, 0.25) is 0 Å². The Bertz CT molecular complexity index is 1570. The number of ether oxygens (including phenoxy) is 1. The van der Waals surface area contributed by atoms with E-state index in [1.807, 2.05) is 36.7 Å². The van der Waals surface area contributed by atoms with Crippen molar-refractivity contribution in [3.05, 3.63) is 89.3 Å². The summed E-state index contributed by atoms with van der Waals surface area (Å²) in [5.74, 6) is -0.418. The molecule has 0 unspecified atom stereocenters. The fraction of sp³-hybridized carbons (Fsp3) is 0.154. The van der Waals surface area contributed by atoms with Gasteiger partial charge < -0.3 is 18.9 Å². The van der Waals surface area contributed by atoms with E-state index in [2.05, 4.69) is 14.9 Å². The van der Waals surface area contributed by atoms with Gasteiger partial charge in [0.15, 0.2) is 0 Å². The normalized spacial score (nSPS) is 11.4. The highest BCUT2D eigenvalue weighted by Crippen LogP contribution is 2.32. The van der Waals surface area contributed by atoms with Crippen LogP contribution in [0, 0.1) is 13.8 Å². The maximum atomic E-state index is 12.7. The summed E-state index contributed by atoms with van der Waals surface area (Å²) in [6.07, 6.45) is 5.41. The zero-order valence-corrected chi connectivity index (χ0v) is 19.3. The van der Waals surface area contributed by atoms with Crippen LogP contribution in [0.4, 0.5) is 8.78 Å². The molecule has 8 nitrogen and oxygen atoms in total. The van der Waals surface area contributed by atoms with Crippen molar-refractivity contribution in [1.82, 2.24) is 19.7 Å². The molecule has 0 fully saturated rings. The van der Waals surface area contributed by atoms with Gasteiger partial charge >= 0.3 is 12.6 Å². The number of carboxylic acid groups (broad SMARTS) is 1. The molecule has 0 saturated heterocycles. The summed E-state index contributed by atoms with van der Waals surface area (Å²) in [5.41, 5.74) is 5.82. The fourth-order valence-electron chi connectivity index (χ4n) is 4.28. The fourth-order valence-corrected chi connectivity index (χ4v) is 4.28. The highest BCUT2D eigenvalue weighted by Gasteiger charge is 2.18. The van der Waals surface area contributed by atoms with Gasteiger partial charge in [-0.15, -0.1) is 0 Å². The van der Waals surface area contributed by atoms with Gasteiger partial charge in [0.1, 0.15) is 17.2 Å². The lowest BCUT2D eigenvalue weighted by molar-refractivity contribution is -0.0498. The molecule has 0 aliphatic heterocycles.